The molecule has 0 atom stereocenters. The van der Waals surface area contributed by atoms with Crippen LogP contribution in [0, 0.1) is 0 Å². The van der Waals surface area contributed by atoms with Crippen molar-refractivity contribution in [3.8, 4) is 67.0 Å². The molecule has 0 amide bonds. The Labute approximate surface area is 400 Å². The van der Waals surface area contributed by atoms with Crippen LogP contribution in [0.3, 0.4) is 0 Å². The maximum atomic E-state index is 5.02. The summed E-state index contributed by atoms with van der Waals surface area (Å²) in [5.41, 5.74) is 18.9. The first kappa shape index (κ1) is 43.0. The lowest BCUT2D eigenvalue weighted by atomic mass is 10.0. The number of benzene rings is 7. The number of aromatic nitrogens is 4. The molecule has 4 aromatic heterocycles. The highest BCUT2D eigenvalue weighted by Crippen LogP contribution is 2.40. The summed E-state index contributed by atoms with van der Waals surface area (Å²) in [4.78, 5) is 10.0. The van der Waals surface area contributed by atoms with Crippen molar-refractivity contribution >= 4 is 43.6 Å². The number of hydrogen-bond acceptors (Lipinski definition) is 2. The molecule has 0 saturated heterocycles. The lowest BCUT2D eigenvalue weighted by Crippen LogP contribution is -1.99. The fourth-order valence-electron chi connectivity index (χ4n) is 10.4. The van der Waals surface area contributed by atoms with Crippen molar-refractivity contribution in [1.82, 2.24) is 19.1 Å². The molecule has 0 fully saturated rings. The van der Waals surface area contributed by atoms with E-state index >= 15 is 0 Å². The Morgan fingerprint density at radius 2 is 0.676 bits per heavy atom. The molecule has 7 aromatic carbocycles. The molecule has 0 radical (unpaired) electrons. The molecule has 334 valence electrons. The van der Waals surface area contributed by atoms with Crippen molar-refractivity contribution in [2.75, 3.05) is 0 Å². The fraction of sp³-hybridized carbons (Fsp3) is 0.188. The van der Waals surface area contributed by atoms with Gasteiger partial charge < -0.3 is 9.13 Å². The summed E-state index contributed by atoms with van der Waals surface area (Å²) in [6.45, 7) is 6.57. The number of nitrogens with zero attached hydrogens (tertiary/aromatic N) is 4. The molecule has 0 N–H and O–H groups in total. The molecular formula is C64H58N4. The van der Waals surface area contributed by atoms with E-state index in [1.165, 1.54) is 116 Å². The largest absolute Gasteiger partial charge is 0.340 e. The normalized spacial score (nSPS) is 11.7. The van der Waals surface area contributed by atoms with Gasteiger partial charge in [-0.25, -0.2) is 0 Å². The van der Waals surface area contributed by atoms with Gasteiger partial charge in [-0.2, -0.15) is 0 Å². The molecule has 0 aliphatic heterocycles. The monoisotopic (exact) mass is 882 g/mol. The van der Waals surface area contributed by atoms with Gasteiger partial charge in [-0.15, -0.1) is 0 Å². The van der Waals surface area contributed by atoms with Crippen LogP contribution in [-0.2, 0) is 13.1 Å². The average molecular weight is 883 g/mol. The molecule has 0 aliphatic carbocycles. The van der Waals surface area contributed by atoms with Crippen molar-refractivity contribution in [1.29, 1.82) is 0 Å². The number of aryl methyl sites for hydroxylation is 2. The maximum Gasteiger partial charge on any atom is 0.0702 e. The van der Waals surface area contributed by atoms with Crippen LogP contribution in [0.15, 0.2) is 194 Å². The molecule has 4 heteroatoms. The first-order valence-corrected chi connectivity index (χ1v) is 24.9. The van der Waals surface area contributed by atoms with Crippen LogP contribution in [-0.4, -0.2) is 19.1 Å². The molecular weight excluding hydrogens is 825 g/mol. The van der Waals surface area contributed by atoms with Gasteiger partial charge >= 0.3 is 0 Å². The van der Waals surface area contributed by atoms with E-state index in [1.807, 2.05) is 12.4 Å². The van der Waals surface area contributed by atoms with E-state index in [4.69, 9.17) is 9.97 Å². The highest BCUT2D eigenvalue weighted by molar-refractivity contribution is 6.18. The van der Waals surface area contributed by atoms with Gasteiger partial charge in [0, 0.05) is 91.3 Å². The summed E-state index contributed by atoms with van der Waals surface area (Å²) in [5.74, 6) is 0. The number of hydrogen-bond donors (Lipinski definition) is 0. The van der Waals surface area contributed by atoms with E-state index in [1.54, 1.807) is 0 Å². The summed E-state index contributed by atoms with van der Waals surface area (Å²) in [7, 11) is 0. The van der Waals surface area contributed by atoms with E-state index in [2.05, 4.69) is 205 Å². The highest BCUT2D eigenvalue weighted by Gasteiger charge is 2.19. The van der Waals surface area contributed by atoms with Crippen LogP contribution in [0.4, 0.5) is 0 Å². The number of rotatable bonds is 16. The SMILES string of the molecule is CCCCCCn1c2cc(-c3ccc(-c4cccc(-c5ccccc5)c4)nc3)ccc2c2cc3c(cc21)c1ccc(-c2ccc(-c4cccc(-c5ccccc5)c4)nc2)cc1n3CCCCCC. The Hall–Kier alpha value is -7.56. The van der Waals surface area contributed by atoms with E-state index in [0.29, 0.717) is 0 Å². The second-order valence-corrected chi connectivity index (χ2v) is 18.5. The topological polar surface area (TPSA) is 35.6 Å². The minimum absolute atomic E-state index is 0.981. The van der Waals surface area contributed by atoms with E-state index in [-0.39, 0.29) is 0 Å². The third-order valence-electron chi connectivity index (χ3n) is 14.0. The van der Waals surface area contributed by atoms with Crippen LogP contribution in [0.1, 0.15) is 65.2 Å². The quantitative estimate of drug-likeness (QED) is 0.0907. The molecule has 0 saturated carbocycles. The second kappa shape index (κ2) is 19.3. The molecule has 0 unspecified atom stereocenters. The van der Waals surface area contributed by atoms with Gasteiger partial charge in [-0.1, -0.05) is 186 Å². The minimum atomic E-state index is 0.981. The van der Waals surface area contributed by atoms with Crippen molar-refractivity contribution in [2.45, 2.75) is 78.3 Å². The number of pyridine rings is 2. The standard InChI is InChI=1S/C64H58N4/c1-3-5-7-15-35-67-61-39-49(53-29-33-59(65-43-53)51-25-17-23-47(37-51)45-19-11-9-12-20-45)27-31-55(61)57-42-64-58(41-63(57)67)56-32-28-50(40-62(56)68(64)36-16-8-6-4-2)54-30-34-60(66-44-54)52-26-18-24-48(38-52)46-21-13-10-14-22-46/h9-14,17-34,37-44H,3-8,15-16,35-36H2,1-2H3. The molecule has 4 nitrogen and oxygen atoms in total. The predicted octanol–water partition coefficient (Wildman–Crippen LogP) is 17.9. The summed E-state index contributed by atoms with van der Waals surface area (Å²) >= 11 is 0. The maximum absolute atomic E-state index is 5.02. The van der Waals surface area contributed by atoms with E-state index in [9.17, 15) is 0 Å². The lowest BCUT2D eigenvalue weighted by Gasteiger charge is -2.10. The molecule has 0 aliphatic rings. The van der Waals surface area contributed by atoms with Crippen molar-refractivity contribution in [3.05, 3.63) is 194 Å². The van der Waals surface area contributed by atoms with Crippen molar-refractivity contribution in [2.24, 2.45) is 0 Å². The molecule has 0 spiro atoms. The minimum Gasteiger partial charge on any atom is -0.340 e. The third kappa shape index (κ3) is 8.52. The Bertz CT molecular complexity index is 3270. The zero-order chi connectivity index (χ0) is 45.8. The summed E-state index contributed by atoms with van der Waals surface area (Å²) in [5, 5.41) is 5.28. The molecule has 11 rings (SSSR count). The van der Waals surface area contributed by atoms with Crippen LogP contribution < -0.4 is 0 Å². The van der Waals surface area contributed by atoms with Gasteiger partial charge in [0.05, 0.1) is 11.4 Å². The van der Waals surface area contributed by atoms with Gasteiger partial charge in [-0.3, -0.25) is 9.97 Å². The molecule has 68 heavy (non-hydrogen) atoms. The van der Waals surface area contributed by atoms with Gasteiger partial charge in [0.2, 0.25) is 0 Å². The number of fused-ring (bicyclic) bond motifs is 6. The van der Waals surface area contributed by atoms with Gasteiger partial charge in [-0.05, 0) is 94.8 Å². The Kier molecular flexibility index (Phi) is 12.2. The van der Waals surface area contributed by atoms with Gasteiger partial charge in [0.15, 0.2) is 0 Å². The second-order valence-electron chi connectivity index (χ2n) is 18.5. The van der Waals surface area contributed by atoms with Gasteiger partial charge in [0.25, 0.3) is 0 Å². The summed E-state index contributed by atoms with van der Waals surface area (Å²) in [6, 6.07) is 66.5. The van der Waals surface area contributed by atoms with Crippen molar-refractivity contribution < 1.29 is 0 Å². The Balaban J connectivity index is 0.967. The van der Waals surface area contributed by atoms with Gasteiger partial charge in [0.1, 0.15) is 0 Å². The number of unbranched alkanes of at least 4 members (excludes halogenated alkanes) is 6. The summed E-state index contributed by atoms with van der Waals surface area (Å²) in [6.07, 6.45) is 13.8. The highest BCUT2D eigenvalue weighted by atomic mass is 15.0. The van der Waals surface area contributed by atoms with Crippen LogP contribution in [0.25, 0.3) is 111 Å². The zero-order valence-corrected chi connectivity index (χ0v) is 39.3. The van der Waals surface area contributed by atoms with E-state index < -0.39 is 0 Å². The molecule has 11 aromatic rings. The smallest absolute Gasteiger partial charge is 0.0702 e. The Morgan fingerprint density at radius 1 is 0.294 bits per heavy atom. The average Bonchev–Trinajstić information content (AvgIpc) is 3.88. The Morgan fingerprint density at radius 3 is 1.09 bits per heavy atom. The first-order valence-electron chi connectivity index (χ1n) is 24.9. The first-order chi connectivity index (χ1) is 33.6. The van der Waals surface area contributed by atoms with E-state index in [0.717, 1.165) is 59.6 Å². The third-order valence-corrected chi connectivity index (χ3v) is 14.0. The van der Waals surface area contributed by atoms with Crippen LogP contribution in [0.2, 0.25) is 0 Å². The zero-order valence-electron chi connectivity index (χ0n) is 39.3. The van der Waals surface area contributed by atoms with Crippen LogP contribution >= 0.6 is 0 Å². The lowest BCUT2D eigenvalue weighted by molar-refractivity contribution is 0.602. The predicted molar refractivity (Wildman–Crippen MR) is 289 cm³/mol. The summed E-state index contributed by atoms with van der Waals surface area (Å²) < 4.78 is 5.23. The van der Waals surface area contributed by atoms with Crippen LogP contribution in [0.5, 0.6) is 0 Å². The van der Waals surface area contributed by atoms with Crippen molar-refractivity contribution in [3.63, 3.8) is 0 Å². The molecule has 4 heterocycles. The molecule has 0 bridgehead atoms. The fourth-order valence-corrected chi connectivity index (χ4v) is 10.4.